The van der Waals surface area contributed by atoms with Gasteiger partial charge in [0.05, 0.1) is 23.8 Å². The van der Waals surface area contributed by atoms with Gasteiger partial charge in [-0.1, -0.05) is 42.5 Å². The zero-order chi connectivity index (χ0) is 22.7. The van der Waals surface area contributed by atoms with Crippen LogP contribution in [0.2, 0.25) is 0 Å². The Morgan fingerprint density at radius 1 is 0.938 bits per heavy atom. The van der Waals surface area contributed by atoms with Crippen LogP contribution in [-0.4, -0.2) is 24.0 Å². The average Bonchev–Trinajstić information content (AvgIpc) is 2.95. The molecule has 1 fully saturated rings. The Hall–Kier alpha value is -4.20. The SMILES string of the molecule is COc1ccc([C@@H]2CC(=O)N(c3ccccc3)C(=O)N[C@H]2c2ccc([N+](=O)[O-])cc2)cc1. The van der Waals surface area contributed by atoms with Crippen LogP contribution in [0.15, 0.2) is 78.9 Å². The third kappa shape index (κ3) is 4.15. The van der Waals surface area contributed by atoms with Gasteiger partial charge in [0.1, 0.15) is 5.75 Å². The minimum absolute atomic E-state index is 0.0447. The molecule has 8 heteroatoms. The number of anilines is 1. The van der Waals surface area contributed by atoms with E-state index in [2.05, 4.69) is 5.32 Å². The zero-order valence-electron chi connectivity index (χ0n) is 17.3. The van der Waals surface area contributed by atoms with Gasteiger partial charge in [0.25, 0.3) is 5.69 Å². The van der Waals surface area contributed by atoms with Crippen LogP contribution in [0.3, 0.4) is 0 Å². The normalized spacial score (nSPS) is 18.6. The molecule has 0 aromatic heterocycles. The molecule has 32 heavy (non-hydrogen) atoms. The first-order valence-corrected chi connectivity index (χ1v) is 10.0. The summed E-state index contributed by atoms with van der Waals surface area (Å²) in [6, 6.07) is 21.0. The standard InChI is InChI=1S/C24H21N3O5/c1-32-20-13-9-16(10-14-20)21-15-22(28)26(18-5-3-2-4-6-18)24(29)25-23(21)17-7-11-19(12-8-17)27(30)31/h2-14,21,23H,15H2,1H3,(H,25,29)/t21-,23-/m0/s1. The molecular formula is C24H21N3O5. The molecule has 1 saturated heterocycles. The van der Waals surface area contributed by atoms with Crippen molar-refractivity contribution in [1.29, 1.82) is 0 Å². The molecule has 1 N–H and O–H groups in total. The van der Waals surface area contributed by atoms with E-state index < -0.39 is 17.0 Å². The minimum atomic E-state index is -0.561. The van der Waals surface area contributed by atoms with Crippen LogP contribution in [0.4, 0.5) is 16.2 Å². The average molecular weight is 431 g/mol. The van der Waals surface area contributed by atoms with E-state index in [4.69, 9.17) is 4.74 Å². The van der Waals surface area contributed by atoms with E-state index in [0.29, 0.717) is 17.0 Å². The minimum Gasteiger partial charge on any atom is -0.497 e. The number of rotatable bonds is 5. The maximum Gasteiger partial charge on any atom is 0.329 e. The van der Waals surface area contributed by atoms with Gasteiger partial charge in [0, 0.05) is 24.5 Å². The fourth-order valence-corrected chi connectivity index (χ4v) is 3.93. The maximum absolute atomic E-state index is 13.2. The van der Waals surface area contributed by atoms with Crippen LogP contribution in [0.5, 0.6) is 5.75 Å². The number of nitrogens with one attached hydrogen (secondary N) is 1. The first-order chi connectivity index (χ1) is 15.5. The Morgan fingerprint density at radius 2 is 1.56 bits per heavy atom. The van der Waals surface area contributed by atoms with Crippen molar-refractivity contribution in [1.82, 2.24) is 5.32 Å². The molecule has 3 aromatic rings. The lowest BCUT2D eigenvalue weighted by Crippen LogP contribution is -2.42. The van der Waals surface area contributed by atoms with Crippen molar-refractivity contribution in [3.63, 3.8) is 0 Å². The van der Waals surface area contributed by atoms with Crippen molar-refractivity contribution in [2.45, 2.75) is 18.4 Å². The number of carbonyl (C=O) groups is 2. The van der Waals surface area contributed by atoms with Crippen molar-refractivity contribution in [3.8, 4) is 5.75 Å². The van der Waals surface area contributed by atoms with Gasteiger partial charge in [-0.15, -0.1) is 0 Å². The Bertz CT molecular complexity index is 1130. The molecule has 3 amide bonds. The molecule has 0 spiro atoms. The Balaban J connectivity index is 1.76. The van der Waals surface area contributed by atoms with Crippen molar-refractivity contribution in [2.75, 3.05) is 12.0 Å². The number of nitro benzene ring substituents is 1. The van der Waals surface area contributed by atoms with E-state index in [1.165, 1.54) is 12.1 Å². The van der Waals surface area contributed by atoms with Gasteiger partial charge < -0.3 is 10.1 Å². The summed E-state index contributed by atoms with van der Waals surface area (Å²) >= 11 is 0. The molecule has 3 aromatic carbocycles. The number of nitrogens with zero attached hydrogens (tertiary/aromatic N) is 2. The van der Waals surface area contributed by atoms with Gasteiger partial charge in [0.2, 0.25) is 5.91 Å². The molecule has 2 atom stereocenters. The van der Waals surface area contributed by atoms with E-state index >= 15 is 0 Å². The molecule has 0 aliphatic carbocycles. The Kier molecular flexibility index (Phi) is 5.85. The monoisotopic (exact) mass is 431 g/mol. The first kappa shape index (κ1) is 21.0. The second kappa shape index (κ2) is 8.89. The van der Waals surface area contributed by atoms with Crippen molar-refractivity contribution >= 4 is 23.3 Å². The molecule has 162 valence electrons. The molecule has 0 bridgehead atoms. The number of amides is 3. The summed E-state index contributed by atoms with van der Waals surface area (Å²) < 4.78 is 5.23. The molecule has 4 rings (SSSR count). The Labute approximate surface area is 184 Å². The smallest absolute Gasteiger partial charge is 0.329 e. The van der Waals surface area contributed by atoms with Crippen molar-refractivity contribution < 1.29 is 19.2 Å². The number of ether oxygens (including phenoxy) is 1. The predicted molar refractivity (Wildman–Crippen MR) is 119 cm³/mol. The molecule has 1 aliphatic rings. The molecular weight excluding hydrogens is 410 g/mol. The van der Waals surface area contributed by atoms with Gasteiger partial charge in [-0.3, -0.25) is 14.9 Å². The van der Waals surface area contributed by atoms with E-state index in [0.717, 1.165) is 10.5 Å². The van der Waals surface area contributed by atoms with E-state index in [-0.39, 0.29) is 23.9 Å². The van der Waals surface area contributed by atoms with Gasteiger partial charge in [-0.05, 0) is 35.4 Å². The van der Waals surface area contributed by atoms with E-state index in [9.17, 15) is 19.7 Å². The number of hydrogen-bond donors (Lipinski definition) is 1. The fraction of sp³-hybridized carbons (Fsp3) is 0.167. The number of non-ortho nitro benzene ring substituents is 1. The second-order valence-corrected chi connectivity index (χ2v) is 7.42. The predicted octanol–water partition coefficient (Wildman–Crippen LogP) is 4.57. The summed E-state index contributed by atoms with van der Waals surface area (Å²) in [6.07, 6.45) is 0.0710. The van der Waals surface area contributed by atoms with Gasteiger partial charge in [0.15, 0.2) is 0 Å². The lowest BCUT2D eigenvalue weighted by molar-refractivity contribution is -0.384. The third-order valence-electron chi connectivity index (χ3n) is 5.55. The number of para-hydroxylation sites is 1. The topological polar surface area (TPSA) is 102 Å². The van der Waals surface area contributed by atoms with Crippen molar-refractivity contribution in [3.05, 3.63) is 100 Å². The summed E-state index contributed by atoms with van der Waals surface area (Å²) in [7, 11) is 1.57. The van der Waals surface area contributed by atoms with Crippen LogP contribution in [0, 0.1) is 10.1 Å². The number of nitro groups is 1. The summed E-state index contributed by atoms with van der Waals surface area (Å²) in [4.78, 5) is 38.1. The van der Waals surface area contributed by atoms with E-state index in [1.807, 2.05) is 18.2 Å². The number of imide groups is 1. The highest BCUT2D eigenvalue weighted by atomic mass is 16.6. The second-order valence-electron chi connectivity index (χ2n) is 7.42. The number of hydrogen-bond acceptors (Lipinski definition) is 5. The summed E-state index contributed by atoms with van der Waals surface area (Å²) in [5, 5.41) is 14.0. The summed E-state index contributed by atoms with van der Waals surface area (Å²) in [5.41, 5.74) is 1.95. The highest BCUT2D eigenvalue weighted by Gasteiger charge is 2.37. The van der Waals surface area contributed by atoms with Crippen molar-refractivity contribution in [2.24, 2.45) is 0 Å². The number of urea groups is 1. The molecule has 0 radical (unpaired) electrons. The zero-order valence-corrected chi connectivity index (χ0v) is 17.3. The molecule has 1 aliphatic heterocycles. The largest absolute Gasteiger partial charge is 0.497 e. The highest BCUT2D eigenvalue weighted by Crippen LogP contribution is 2.38. The summed E-state index contributed by atoms with van der Waals surface area (Å²) in [6.45, 7) is 0. The van der Waals surface area contributed by atoms with Gasteiger partial charge in [-0.25, -0.2) is 9.69 Å². The van der Waals surface area contributed by atoms with Crippen LogP contribution in [0.1, 0.15) is 29.5 Å². The third-order valence-corrected chi connectivity index (χ3v) is 5.55. The number of carbonyl (C=O) groups excluding carboxylic acids is 2. The fourth-order valence-electron chi connectivity index (χ4n) is 3.93. The van der Waals surface area contributed by atoms with Gasteiger partial charge >= 0.3 is 6.03 Å². The lowest BCUT2D eigenvalue weighted by atomic mass is 9.84. The molecule has 1 heterocycles. The van der Waals surface area contributed by atoms with Crippen LogP contribution in [0.25, 0.3) is 0 Å². The van der Waals surface area contributed by atoms with Crippen LogP contribution in [-0.2, 0) is 4.79 Å². The first-order valence-electron chi connectivity index (χ1n) is 10.0. The Morgan fingerprint density at radius 3 is 2.16 bits per heavy atom. The van der Waals surface area contributed by atoms with Gasteiger partial charge in [-0.2, -0.15) is 0 Å². The summed E-state index contributed by atoms with van der Waals surface area (Å²) in [5.74, 6) is -0.0398. The highest BCUT2D eigenvalue weighted by molar-refractivity contribution is 6.15. The van der Waals surface area contributed by atoms with Crippen LogP contribution < -0.4 is 15.0 Å². The quantitative estimate of drug-likeness (QED) is 0.471. The maximum atomic E-state index is 13.2. The molecule has 8 nitrogen and oxygen atoms in total. The number of methoxy groups -OCH3 is 1. The molecule has 0 saturated carbocycles. The lowest BCUT2D eigenvalue weighted by Gasteiger charge is -2.25. The van der Waals surface area contributed by atoms with Crippen LogP contribution >= 0.6 is 0 Å². The number of benzene rings is 3. The van der Waals surface area contributed by atoms with E-state index in [1.54, 1.807) is 55.6 Å². The molecule has 0 unspecified atom stereocenters.